The number of aromatic nitrogens is 1. The predicted molar refractivity (Wildman–Crippen MR) is 98.2 cm³/mol. The fourth-order valence-corrected chi connectivity index (χ4v) is 21.9. The van der Waals surface area contributed by atoms with Crippen LogP contribution in [0.15, 0.2) is 12.3 Å². The molecule has 0 aliphatic rings. The van der Waals surface area contributed by atoms with Gasteiger partial charge in [-0.2, -0.15) is 0 Å². The number of hydrogen-bond donors (Lipinski definition) is 0. The molecule has 21 heavy (non-hydrogen) atoms. The third kappa shape index (κ3) is 5.26. The van der Waals surface area contributed by atoms with Crippen molar-refractivity contribution in [2.24, 2.45) is 0 Å². The Kier molecular flexibility index (Phi) is 8.92. The van der Waals surface area contributed by atoms with Gasteiger partial charge in [0, 0.05) is 0 Å². The van der Waals surface area contributed by atoms with Crippen LogP contribution in [0, 0.1) is 13.8 Å². The summed E-state index contributed by atoms with van der Waals surface area (Å²) >= 11 is -2.28. The Balaban J connectivity index is 3.23. The standard InChI is InChI=1S/C7H8N.3C4H9.Sn/c1-6-3-4-8-7(2)5-6;3*1-3-4-2;/h3-4H,1-2H3;3*1,3-4H2,2H3;. The van der Waals surface area contributed by atoms with E-state index in [2.05, 4.69) is 45.7 Å². The number of unbranched alkanes of at least 4 members (excludes halogenated alkanes) is 3. The van der Waals surface area contributed by atoms with E-state index in [4.69, 9.17) is 0 Å². The van der Waals surface area contributed by atoms with Gasteiger partial charge in [0.2, 0.25) is 0 Å². The number of nitrogens with zero attached hydrogens (tertiary/aromatic N) is 1. The predicted octanol–water partition coefficient (Wildman–Crippen LogP) is 5.75. The summed E-state index contributed by atoms with van der Waals surface area (Å²) in [6, 6.07) is 2.26. The first kappa shape index (κ1) is 19.0. The SMILES string of the molecule is CCC[CH2][Sn]([CH2]CCC)([CH2]CCC)[c]1c(C)ccnc1C. The molecule has 0 aromatic carbocycles. The zero-order chi connectivity index (χ0) is 15.7. The van der Waals surface area contributed by atoms with E-state index in [-0.39, 0.29) is 0 Å². The molecule has 1 nitrogen and oxygen atoms in total. The average Bonchev–Trinajstić information content (AvgIpc) is 2.48. The molecule has 120 valence electrons. The van der Waals surface area contributed by atoms with Crippen LogP contribution in [0.3, 0.4) is 0 Å². The molecule has 0 saturated heterocycles. The summed E-state index contributed by atoms with van der Waals surface area (Å²) in [5.41, 5.74) is 2.90. The van der Waals surface area contributed by atoms with Crippen molar-refractivity contribution in [3.8, 4) is 0 Å². The number of pyridine rings is 1. The van der Waals surface area contributed by atoms with Crippen molar-refractivity contribution < 1.29 is 0 Å². The summed E-state index contributed by atoms with van der Waals surface area (Å²) in [6.45, 7) is 11.6. The Hall–Kier alpha value is -0.0513. The van der Waals surface area contributed by atoms with E-state index < -0.39 is 18.4 Å². The minimum atomic E-state index is -2.28. The van der Waals surface area contributed by atoms with Gasteiger partial charge in [0.15, 0.2) is 0 Å². The maximum atomic E-state index is 4.68. The van der Waals surface area contributed by atoms with Gasteiger partial charge < -0.3 is 0 Å². The van der Waals surface area contributed by atoms with Gasteiger partial charge >= 0.3 is 137 Å². The van der Waals surface area contributed by atoms with Crippen molar-refractivity contribution in [2.75, 3.05) is 0 Å². The fourth-order valence-electron chi connectivity index (χ4n) is 3.79. The maximum absolute atomic E-state index is 4.68. The first-order chi connectivity index (χ1) is 10.1. The second-order valence-electron chi connectivity index (χ2n) is 6.68. The van der Waals surface area contributed by atoms with Crippen LogP contribution in [0.4, 0.5) is 0 Å². The molecule has 0 aliphatic carbocycles. The molecule has 0 saturated carbocycles. The number of hydrogen-bond acceptors (Lipinski definition) is 1. The van der Waals surface area contributed by atoms with Crippen molar-refractivity contribution in [1.82, 2.24) is 4.98 Å². The summed E-state index contributed by atoms with van der Waals surface area (Å²) in [5, 5.41) is 0. The van der Waals surface area contributed by atoms with Crippen molar-refractivity contribution >= 4 is 22.0 Å². The second-order valence-corrected chi connectivity index (χ2v) is 19.7. The van der Waals surface area contributed by atoms with Crippen molar-refractivity contribution in [3.63, 3.8) is 0 Å². The van der Waals surface area contributed by atoms with Gasteiger partial charge in [-0.25, -0.2) is 0 Å². The molecule has 1 rings (SSSR count). The molecule has 0 bridgehead atoms. The van der Waals surface area contributed by atoms with E-state index >= 15 is 0 Å². The molecular weight excluding hydrogens is 361 g/mol. The fraction of sp³-hybridized carbons (Fsp3) is 0.737. The molecule has 0 radical (unpaired) electrons. The number of aryl methyl sites for hydroxylation is 2. The number of rotatable bonds is 10. The topological polar surface area (TPSA) is 12.9 Å². The average molecular weight is 396 g/mol. The van der Waals surface area contributed by atoms with Crippen molar-refractivity contribution in [1.29, 1.82) is 0 Å². The van der Waals surface area contributed by atoms with E-state index in [0.29, 0.717) is 0 Å². The van der Waals surface area contributed by atoms with E-state index in [1.165, 1.54) is 44.2 Å². The summed E-state index contributed by atoms with van der Waals surface area (Å²) in [4.78, 5) is 4.68. The molecule has 1 aromatic heterocycles. The van der Waals surface area contributed by atoms with Gasteiger partial charge in [0.25, 0.3) is 0 Å². The van der Waals surface area contributed by atoms with Crippen LogP contribution >= 0.6 is 0 Å². The third-order valence-electron chi connectivity index (χ3n) is 4.91. The van der Waals surface area contributed by atoms with Crippen LogP contribution in [0.5, 0.6) is 0 Å². The van der Waals surface area contributed by atoms with Crippen LogP contribution in [-0.2, 0) is 0 Å². The molecule has 1 heterocycles. The van der Waals surface area contributed by atoms with Gasteiger partial charge in [0.05, 0.1) is 0 Å². The Morgan fingerprint density at radius 3 is 1.71 bits per heavy atom. The van der Waals surface area contributed by atoms with Gasteiger partial charge in [-0.3, -0.25) is 0 Å². The second kappa shape index (κ2) is 9.86. The molecule has 0 aliphatic heterocycles. The van der Waals surface area contributed by atoms with Crippen molar-refractivity contribution in [3.05, 3.63) is 23.5 Å². The molecule has 0 amide bonds. The molecule has 1 aromatic rings. The van der Waals surface area contributed by atoms with Crippen LogP contribution in [-0.4, -0.2) is 23.4 Å². The summed E-state index contributed by atoms with van der Waals surface area (Å²) in [7, 11) is 0. The van der Waals surface area contributed by atoms with Crippen LogP contribution in [0.1, 0.15) is 70.6 Å². The Morgan fingerprint density at radius 2 is 1.33 bits per heavy atom. The summed E-state index contributed by atoms with van der Waals surface area (Å²) < 4.78 is 6.40. The summed E-state index contributed by atoms with van der Waals surface area (Å²) in [6.07, 6.45) is 10.3. The molecule has 0 atom stereocenters. The van der Waals surface area contributed by atoms with Crippen LogP contribution < -0.4 is 3.58 Å². The Morgan fingerprint density at radius 1 is 0.857 bits per heavy atom. The molecular formula is C19H35NSn. The Bertz CT molecular complexity index is 372. The van der Waals surface area contributed by atoms with Gasteiger partial charge in [-0.05, 0) is 0 Å². The third-order valence-corrected chi connectivity index (χ3v) is 21.3. The normalized spacial score (nSPS) is 11.9. The van der Waals surface area contributed by atoms with Gasteiger partial charge in [-0.15, -0.1) is 0 Å². The molecule has 0 N–H and O–H groups in total. The molecule has 0 fully saturated rings. The summed E-state index contributed by atoms with van der Waals surface area (Å²) in [5.74, 6) is 0. The van der Waals surface area contributed by atoms with Crippen molar-refractivity contribution in [2.45, 2.75) is 86.5 Å². The Labute approximate surface area is 136 Å². The first-order valence-electron chi connectivity index (χ1n) is 9.04. The quantitative estimate of drug-likeness (QED) is 0.459. The molecule has 0 spiro atoms. The van der Waals surface area contributed by atoms with Gasteiger partial charge in [0.1, 0.15) is 0 Å². The molecule has 2 heteroatoms. The van der Waals surface area contributed by atoms with E-state index in [1.807, 2.05) is 6.20 Å². The minimum absolute atomic E-state index is 1.34. The van der Waals surface area contributed by atoms with E-state index in [0.717, 1.165) is 0 Å². The van der Waals surface area contributed by atoms with E-state index in [9.17, 15) is 0 Å². The first-order valence-corrected chi connectivity index (χ1v) is 16.5. The van der Waals surface area contributed by atoms with Gasteiger partial charge in [-0.1, -0.05) is 0 Å². The van der Waals surface area contributed by atoms with Crippen LogP contribution in [0.2, 0.25) is 13.3 Å². The molecule has 0 unspecified atom stereocenters. The zero-order valence-electron chi connectivity index (χ0n) is 15.0. The van der Waals surface area contributed by atoms with Crippen LogP contribution in [0.25, 0.3) is 0 Å². The zero-order valence-corrected chi connectivity index (χ0v) is 17.8. The van der Waals surface area contributed by atoms with E-state index in [1.54, 1.807) is 22.5 Å². The monoisotopic (exact) mass is 397 g/mol.